The summed E-state index contributed by atoms with van der Waals surface area (Å²) in [5.74, 6) is -0.119. The molecule has 182 valence electrons. The fraction of sp³-hybridized carbons (Fsp3) is 0.852. The Bertz CT molecular complexity index is 449. The van der Waals surface area contributed by atoms with Crippen molar-refractivity contribution in [1.29, 1.82) is 0 Å². The maximum Gasteiger partial charge on any atom is 0.245 e. The number of hydrazine groups is 1. The van der Waals surface area contributed by atoms with Gasteiger partial charge in [0.2, 0.25) is 11.8 Å². The first-order valence-corrected chi connectivity index (χ1v) is 13.4. The lowest BCUT2D eigenvalue weighted by Gasteiger charge is -2.19. The Balaban J connectivity index is 3.98. The number of rotatable bonds is 21. The molecule has 0 aromatic heterocycles. The van der Waals surface area contributed by atoms with Gasteiger partial charge in [-0.05, 0) is 19.3 Å². The summed E-state index contributed by atoms with van der Waals surface area (Å²) in [5, 5.41) is 1.42. The van der Waals surface area contributed by atoms with Crippen LogP contribution >= 0.6 is 0 Å². The van der Waals surface area contributed by atoms with Gasteiger partial charge in [0.05, 0.1) is 0 Å². The van der Waals surface area contributed by atoms with E-state index in [1.165, 1.54) is 94.9 Å². The summed E-state index contributed by atoms with van der Waals surface area (Å²) in [7, 11) is 0. The fourth-order valence-corrected chi connectivity index (χ4v) is 3.68. The molecule has 4 heteroatoms. The van der Waals surface area contributed by atoms with Crippen molar-refractivity contribution < 1.29 is 9.59 Å². The normalized spacial score (nSPS) is 11.2. The van der Waals surface area contributed by atoms with E-state index in [9.17, 15) is 9.59 Å². The first kappa shape index (κ1) is 29.7. The average Bonchev–Trinajstić information content (AvgIpc) is 2.78. The summed E-state index contributed by atoms with van der Waals surface area (Å²) in [6, 6.07) is 0. The monoisotopic (exact) mass is 436 g/mol. The highest BCUT2D eigenvalue weighted by atomic mass is 16.2. The molecule has 0 atom stereocenters. The van der Waals surface area contributed by atoms with Gasteiger partial charge in [0.15, 0.2) is 0 Å². The molecular weight excluding hydrogens is 384 g/mol. The van der Waals surface area contributed by atoms with Crippen LogP contribution in [0.3, 0.4) is 0 Å². The largest absolute Gasteiger partial charge is 0.273 e. The summed E-state index contributed by atoms with van der Waals surface area (Å²) >= 11 is 0. The Kier molecular flexibility index (Phi) is 22.4. The maximum atomic E-state index is 12.5. The van der Waals surface area contributed by atoms with Gasteiger partial charge < -0.3 is 0 Å². The number of carbonyl (C=O) groups excluding carboxylic acids is 2. The molecule has 1 N–H and O–H groups in total. The molecule has 0 unspecified atom stereocenters. The number of hydrogen-bond acceptors (Lipinski definition) is 2. The standard InChI is InChI=1S/C27H52N2O2/c1-4-7-9-11-13-14-15-16-17-19-21-23-25-29(28-26(30)6-3)27(31)24-22-20-18-12-10-8-5-2/h23,25H,4-22,24H2,1-3H3,(H,28,30)/b25-23-. The van der Waals surface area contributed by atoms with Gasteiger partial charge in [-0.15, -0.1) is 0 Å². The Morgan fingerprint density at radius 2 is 1.10 bits per heavy atom. The van der Waals surface area contributed by atoms with Crippen LogP contribution in [0.25, 0.3) is 0 Å². The molecule has 0 saturated carbocycles. The molecule has 0 aromatic carbocycles. The summed E-state index contributed by atoms with van der Waals surface area (Å²) in [5.41, 5.74) is 2.73. The molecular formula is C27H52N2O2. The first-order valence-electron chi connectivity index (χ1n) is 13.4. The van der Waals surface area contributed by atoms with Crippen molar-refractivity contribution in [2.24, 2.45) is 0 Å². The van der Waals surface area contributed by atoms with Gasteiger partial charge >= 0.3 is 0 Å². The van der Waals surface area contributed by atoms with Crippen LogP contribution in [0.5, 0.6) is 0 Å². The Hall–Kier alpha value is -1.32. The lowest BCUT2D eigenvalue weighted by atomic mass is 10.1. The third-order valence-corrected chi connectivity index (χ3v) is 5.81. The molecule has 0 spiro atoms. The van der Waals surface area contributed by atoms with Gasteiger partial charge in [-0.3, -0.25) is 15.0 Å². The number of carbonyl (C=O) groups is 2. The smallest absolute Gasteiger partial charge is 0.245 e. The second kappa shape index (κ2) is 23.3. The van der Waals surface area contributed by atoms with Crippen LogP contribution in [0, 0.1) is 0 Å². The van der Waals surface area contributed by atoms with Crippen molar-refractivity contribution in [1.82, 2.24) is 10.4 Å². The predicted molar refractivity (Wildman–Crippen MR) is 133 cm³/mol. The molecule has 0 saturated heterocycles. The zero-order chi connectivity index (χ0) is 23.0. The molecule has 4 nitrogen and oxygen atoms in total. The van der Waals surface area contributed by atoms with Gasteiger partial charge in [0, 0.05) is 19.0 Å². The van der Waals surface area contributed by atoms with Gasteiger partial charge in [0.1, 0.15) is 0 Å². The molecule has 31 heavy (non-hydrogen) atoms. The van der Waals surface area contributed by atoms with Crippen molar-refractivity contribution in [3.05, 3.63) is 12.3 Å². The lowest BCUT2D eigenvalue weighted by molar-refractivity contribution is -0.138. The van der Waals surface area contributed by atoms with Crippen LogP contribution < -0.4 is 5.43 Å². The third kappa shape index (κ3) is 20.3. The highest BCUT2D eigenvalue weighted by Crippen LogP contribution is 2.12. The van der Waals surface area contributed by atoms with Crippen LogP contribution in [0.15, 0.2) is 12.3 Å². The highest BCUT2D eigenvalue weighted by Gasteiger charge is 2.12. The fourth-order valence-electron chi connectivity index (χ4n) is 3.68. The van der Waals surface area contributed by atoms with Crippen molar-refractivity contribution in [2.75, 3.05) is 0 Å². The summed E-state index contributed by atoms with van der Waals surface area (Å²) in [6.45, 7) is 6.29. The first-order chi connectivity index (χ1) is 15.2. The second-order valence-corrected chi connectivity index (χ2v) is 8.88. The van der Waals surface area contributed by atoms with E-state index in [1.807, 2.05) is 13.0 Å². The maximum absolute atomic E-state index is 12.5. The van der Waals surface area contributed by atoms with E-state index >= 15 is 0 Å². The lowest BCUT2D eigenvalue weighted by Crippen LogP contribution is -2.42. The predicted octanol–water partition coefficient (Wildman–Crippen LogP) is 8.22. The number of amides is 2. The molecule has 0 fully saturated rings. The quantitative estimate of drug-likeness (QED) is 0.145. The van der Waals surface area contributed by atoms with Crippen molar-refractivity contribution in [3.63, 3.8) is 0 Å². The number of hydrogen-bond donors (Lipinski definition) is 1. The Labute approximate surface area is 193 Å². The zero-order valence-corrected chi connectivity index (χ0v) is 21.1. The van der Waals surface area contributed by atoms with Crippen LogP contribution in [-0.2, 0) is 9.59 Å². The molecule has 2 amide bonds. The van der Waals surface area contributed by atoms with Crippen LogP contribution in [0.1, 0.15) is 149 Å². The van der Waals surface area contributed by atoms with Crippen LogP contribution in [0.2, 0.25) is 0 Å². The van der Waals surface area contributed by atoms with E-state index in [1.54, 1.807) is 6.20 Å². The molecule has 0 aromatic rings. The molecule has 0 aliphatic heterocycles. The number of unbranched alkanes of at least 4 members (excludes halogenated alkanes) is 16. The minimum atomic E-state index is -0.114. The molecule has 0 bridgehead atoms. The molecule has 0 heterocycles. The molecule has 0 aliphatic rings. The van der Waals surface area contributed by atoms with Crippen LogP contribution in [-0.4, -0.2) is 16.8 Å². The third-order valence-electron chi connectivity index (χ3n) is 5.81. The van der Waals surface area contributed by atoms with Crippen molar-refractivity contribution in [2.45, 2.75) is 149 Å². The second-order valence-electron chi connectivity index (χ2n) is 8.88. The molecule has 0 radical (unpaired) electrons. The number of nitrogens with zero attached hydrogens (tertiary/aromatic N) is 1. The van der Waals surface area contributed by atoms with Gasteiger partial charge in [-0.25, -0.2) is 5.01 Å². The SMILES string of the molecule is CCCCCCCCCCCC/C=C\N(NC(=O)CC)C(=O)CCCCCCCCC. The van der Waals surface area contributed by atoms with Gasteiger partial charge in [-0.2, -0.15) is 0 Å². The Morgan fingerprint density at radius 1 is 0.645 bits per heavy atom. The number of nitrogens with one attached hydrogen (secondary N) is 1. The summed E-state index contributed by atoms with van der Waals surface area (Å²) in [6.07, 6.45) is 27.2. The Morgan fingerprint density at radius 3 is 1.58 bits per heavy atom. The van der Waals surface area contributed by atoms with E-state index in [-0.39, 0.29) is 11.8 Å². The molecule has 0 rings (SSSR count). The summed E-state index contributed by atoms with van der Waals surface area (Å²) in [4.78, 5) is 24.3. The minimum Gasteiger partial charge on any atom is -0.273 e. The van der Waals surface area contributed by atoms with Gasteiger partial charge in [-0.1, -0.05) is 123 Å². The number of allylic oxidation sites excluding steroid dienone is 1. The van der Waals surface area contributed by atoms with E-state index in [0.29, 0.717) is 12.8 Å². The van der Waals surface area contributed by atoms with E-state index in [0.717, 1.165) is 25.7 Å². The zero-order valence-electron chi connectivity index (χ0n) is 21.1. The average molecular weight is 437 g/mol. The van der Waals surface area contributed by atoms with E-state index in [2.05, 4.69) is 19.3 Å². The van der Waals surface area contributed by atoms with Crippen LogP contribution in [0.4, 0.5) is 0 Å². The van der Waals surface area contributed by atoms with Gasteiger partial charge in [0.25, 0.3) is 0 Å². The van der Waals surface area contributed by atoms with Crippen molar-refractivity contribution >= 4 is 11.8 Å². The summed E-state index contributed by atoms with van der Waals surface area (Å²) < 4.78 is 0. The topological polar surface area (TPSA) is 49.4 Å². The van der Waals surface area contributed by atoms with E-state index < -0.39 is 0 Å². The molecule has 0 aliphatic carbocycles. The van der Waals surface area contributed by atoms with Crippen molar-refractivity contribution in [3.8, 4) is 0 Å². The van der Waals surface area contributed by atoms with E-state index in [4.69, 9.17) is 0 Å². The highest BCUT2D eigenvalue weighted by molar-refractivity contribution is 5.82. The minimum absolute atomic E-state index is 0.00492.